The first-order chi connectivity index (χ1) is 12.3. The Hall–Kier alpha value is -2.17. The molecule has 2 aromatic carbocycles. The first-order valence-electron chi connectivity index (χ1n) is 8.93. The van der Waals surface area contributed by atoms with E-state index >= 15 is 0 Å². The first kappa shape index (κ1) is 16.3. The minimum absolute atomic E-state index is 0.0736. The maximum absolute atomic E-state index is 12.9. The fourth-order valence-electron chi connectivity index (χ4n) is 3.77. The third kappa shape index (κ3) is 3.91. The zero-order valence-corrected chi connectivity index (χ0v) is 14.2. The number of hydrogen-bond donors (Lipinski definition) is 1. The number of carbonyl (C=O) groups excluding carboxylic acids is 1. The van der Waals surface area contributed by atoms with Crippen molar-refractivity contribution in [3.63, 3.8) is 0 Å². The van der Waals surface area contributed by atoms with Crippen molar-refractivity contribution in [2.24, 2.45) is 5.92 Å². The summed E-state index contributed by atoms with van der Waals surface area (Å²) in [7, 11) is 0. The molecule has 2 saturated heterocycles. The van der Waals surface area contributed by atoms with Crippen LogP contribution >= 0.6 is 0 Å². The topological polar surface area (TPSA) is 47.6 Å². The lowest BCUT2D eigenvalue weighted by Gasteiger charge is -2.39. The zero-order chi connectivity index (χ0) is 17.1. The van der Waals surface area contributed by atoms with E-state index in [0.29, 0.717) is 31.9 Å². The van der Waals surface area contributed by atoms with Gasteiger partial charge in [-0.15, -0.1) is 0 Å². The van der Waals surface area contributed by atoms with Gasteiger partial charge in [0.15, 0.2) is 5.78 Å². The molecule has 2 fully saturated rings. The molecule has 4 nitrogen and oxygen atoms in total. The summed E-state index contributed by atoms with van der Waals surface area (Å²) in [5.41, 5.74) is 1.86. The maximum Gasteiger partial charge on any atom is 0.166 e. The second kappa shape index (κ2) is 7.38. The Labute approximate surface area is 148 Å². The number of nitrogens with one attached hydrogen (secondary N) is 1. The van der Waals surface area contributed by atoms with E-state index in [2.05, 4.69) is 5.32 Å². The van der Waals surface area contributed by atoms with Crippen LogP contribution in [0, 0.1) is 5.92 Å². The average Bonchev–Trinajstić information content (AvgIpc) is 2.66. The van der Waals surface area contributed by atoms with Gasteiger partial charge in [0.25, 0.3) is 0 Å². The fraction of sp³-hybridized carbons (Fsp3) is 0.381. The Balaban J connectivity index is 1.42. The van der Waals surface area contributed by atoms with Crippen molar-refractivity contribution in [1.29, 1.82) is 0 Å². The van der Waals surface area contributed by atoms with Gasteiger partial charge in [-0.25, -0.2) is 0 Å². The van der Waals surface area contributed by atoms with Crippen LogP contribution in [0.5, 0.6) is 5.75 Å². The standard InChI is InChI=1S/C21H23NO3/c23-21(17-9-18-13-24-14-19(10-17)22-18)16-7-4-8-20(11-16)25-12-15-5-2-1-3-6-15/h1-8,11,17-19,22H,9-10,12-14H2. The lowest BCUT2D eigenvalue weighted by atomic mass is 9.82. The number of morpholine rings is 1. The van der Waals surface area contributed by atoms with Crippen molar-refractivity contribution in [3.8, 4) is 5.75 Å². The molecule has 2 atom stereocenters. The summed E-state index contributed by atoms with van der Waals surface area (Å²) < 4.78 is 11.4. The van der Waals surface area contributed by atoms with Crippen LogP contribution in [0.4, 0.5) is 0 Å². The van der Waals surface area contributed by atoms with Crippen LogP contribution in [0.2, 0.25) is 0 Å². The first-order valence-corrected chi connectivity index (χ1v) is 8.93. The van der Waals surface area contributed by atoms with Gasteiger partial charge in [0.05, 0.1) is 13.2 Å². The van der Waals surface area contributed by atoms with E-state index in [1.807, 2.05) is 54.6 Å². The van der Waals surface area contributed by atoms with E-state index in [-0.39, 0.29) is 11.7 Å². The summed E-state index contributed by atoms with van der Waals surface area (Å²) in [4.78, 5) is 12.9. The van der Waals surface area contributed by atoms with Crippen LogP contribution in [-0.4, -0.2) is 31.1 Å². The Morgan fingerprint density at radius 1 is 1.04 bits per heavy atom. The van der Waals surface area contributed by atoms with Gasteiger partial charge in [0, 0.05) is 23.6 Å². The second-order valence-corrected chi connectivity index (χ2v) is 6.93. The largest absolute Gasteiger partial charge is 0.489 e. The monoisotopic (exact) mass is 337 g/mol. The molecule has 4 rings (SSSR count). The summed E-state index contributed by atoms with van der Waals surface area (Å²) in [5.74, 6) is 1.04. The van der Waals surface area contributed by atoms with E-state index in [0.717, 1.165) is 29.7 Å². The zero-order valence-electron chi connectivity index (χ0n) is 14.2. The number of rotatable bonds is 5. The molecule has 0 amide bonds. The second-order valence-electron chi connectivity index (χ2n) is 6.93. The highest BCUT2D eigenvalue weighted by atomic mass is 16.5. The van der Waals surface area contributed by atoms with Crippen molar-refractivity contribution in [2.45, 2.75) is 31.5 Å². The van der Waals surface area contributed by atoms with Crippen LogP contribution in [-0.2, 0) is 11.3 Å². The van der Waals surface area contributed by atoms with Crippen molar-refractivity contribution in [2.75, 3.05) is 13.2 Å². The molecule has 2 bridgehead atoms. The third-order valence-corrected chi connectivity index (χ3v) is 4.99. The number of carbonyl (C=O) groups is 1. The summed E-state index contributed by atoms with van der Waals surface area (Å²) in [5, 5.41) is 3.54. The number of benzene rings is 2. The van der Waals surface area contributed by atoms with Crippen molar-refractivity contribution < 1.29 is 14.3 Å². The van der Waals surface area contributed by atoms with Crippen LogP contribution in [0.3, 0.4) is 0 Å². The molecule has 0 aromatic heterocycles. The Bertz CT molecular complexity index is 719. The van der Waals surface area contributed by atoms with E-state index in [1.165, 1.54) is 0 Å². The van der Waals surface area contributed by atoms with Gasteiger partial charge in [0.1, 0.15) is 12.4 Å². The van der Waals surface area contributed by atoms with Gasteiger partial charge < -0.3 is 14.8 Å². The molecule has 2 aliphatic rings. The number of piperidine rings is 1. The van der Waals surface area contributed by atoms with Gasteiger partial charge >= 0.3 is 0 Å². The highest BCUT2D eigenvalue weighted by Crippen LogP contribution is 2.28. The predicted molar refractivity (Wildman–Crippen MR) is 95.8 cm³/mol. The number of hydrogen-bond acceptors (Lipinski definition) is 4. The van der Waals surface area contributed by atoms with Gasteiger partial charge in [-0.2, -0.15) is 0 Å². The fourth-order valence-corrected chi connectivity index (χ4v) is 3.77. The number of fused-ring (bicyclic) bond motifs is 2. The maximum atomic E-state index is 12.9. The van der Waals surface area contributed by atoms with E-state index in [9.17, 15) is 4.79 Å². The molecule has 4 heteroatoms. The minimum atomic E-state index is 0.0736. The highest BCUT2D eigenvalue weighted by Gasteiger charge is 2.35. The smallest absolute Gasteiger partial charge is 0.166 e. The molecule has 25 heavy (non-hydrogen) atoms. The molecule has 2 unspecified atom stereocenters. The molecule has 0 saturated carbocycles. The van der Waals surface area contributed by atoms with Gasteiger partial charge in [-0.05, 0) is 30.5 Å². The quantitative estimate of drug-likeness (QED) is 0.851. The highest BCUT2D eigenvalue weighted by molar-refractivity contribution is 5.98. The van der Waals surface area contributed by atoms with E-state index < -0.39 is 0 Å². The number of Topliss-reactive ketones (excluding diaryl/α,β-unsaturated/α-hetero) is 1. The number of ketones is 1. The van der Waals surface area contributed by atoms with E-state index in [4.69, 9.17) is 9.47 Å². The normalized spacial score (nSPS) is 25.4. The summed E-state index contributed by atoms with van der Waals surface area (Å²) in [6.45, 7) is 1.92. The lowest BCUT2D eigenvalue weighted by Crippen LogP contribution is -2.55. The molecule has 0 radical (unpaired) electrons. The van der Waals surface area contributed by atoms with Crippen molar-refractivity contribution in [1.82, 2.24) is 5.32 Å². The van der Waals surface area contributed by atoms with Gasteiger partial charge in [0.2, 0.25) is 0 Å². The summed E-state index contributed by atoms with van der Waals surface area (Å²) in [6.07, 6.45) is 1.70. The molecule has 130 valence electrons. The Kier molecular flexibility index (Phi) is 4.81. The van der Waals surface area contributed by atoms with Gasteiger partial charge in [-0.1, -0.05) is 42.5 Å². The van der Waals surface area contributed by atoms with Crippen molar-refractivity contribution >= 4 is 5.78 Å². The summed E-state index contributed by atoms with van der Waals surface area (Å²) in [6, 6.07) is 18.2. The molecule has 1 N–H and O–H groups in total. The molecular weight excluding hydrogens is 314 g/mol. The Morgan fingerprint density at radius 3 is 2.56 bits per heavy atom. The molecule has 0 spiro atoms. The average molecular weight is 337 g/mol. The summed E-state index contributed by atoms with van der Waals surface area (Å²) >= 11 is 0. The minimum Gasteiger partial charge on any atom is -0.489 e. The lowest BCUT2D eigenvalue weighted by molar-refractivity contribution is 0.00952. The van der Waals surface area contributed by atoms with E-state index in [1.54, 1.807) is 0 Å². The van der Waals surface area contributed by atoms with Crippen LogP contribution in [0.15, 0.2) is 54.6 Å². The molecule has 0 aliphatic carbocycles. The van der Waals surface area contributed by atoms with Crippen LogP contribution in [0.1, 0.15) is 28.8 Å². The molecule has 2 heterocycles. The van der Waals surface area contributed by atoms with Gasteiger partial charge in [-0.3, -0.25) is 4.79 Å². The third-order valence-electron chi connectivity index (χ3n) is 4.99. The predicted octanol–water partition coefficient (Wildman–Crippen LogP) is 3.22. The molecule has 2 aromatic rings. The number of ether oxygens (including phenoxy) is 2. The van der Waals surface area contributed by atoms with Crippen LogP contribution < -0.4 is 10.1 Å². The molecule has 2 aliphatic heterocycles. The van der Waals surface area contributed by atoms with Crippen LogP contribution in [0.25, 0.3) is 0 Å². The molecular formula is C21H23NO3. The van der Waals surface area contributed by atoms with Crippen molar-refractivity contribution in [3.05, 3.63) is 65.7 Å². The SMILES string of the molecule is O=C(c1cccc(OCc2ccccc2)c1)C1CC2COCC(C1)N2. The Morgan fingerprint density at radius 2 is 1.80 bits per heavy atom.